The molecule has 0 aliphatic carbocycles. The Balaban J connectivity index is 1.68. The standard InChI is InChI=1S/C24H24Cl2N4O2/c1-15-20(17-8-5-9-18(25)19(17)26)29-21(23(31)32)22(28-15)30-12-10-24(14-27,11-13-30)16-6-3-2-4-7-16/h2-9H,10-14,27H2,1H3,(H,31,32). The van der Waals surface area contributed by atoms with E-state index < -0.39 is 5.97 Å². The Bertz CT molecular complexity index is 1150. The number of carboxylic acids is 1. The number of piperidine rings is 1. The Hall–Kier alpha value is -2.67. The summed E-state index contributed by atoms with van der Waals surface area (Å²) in [6.07, 6.45) is 1.60. The lowest BCUT2D eigenvalue weighted by atomic mass is 9.73. The van der Waals surface area contributed by atoms with Crippen LogP contribution < -0.4 is 10.6 Å². The summed E-state index contributed by atoms with van der Waals surface area (Å²) >= 11 is 12.5. The minimum Gasteiger partial charge on any atom is -0.476 e. The Morgan fingerprint density at radius 3 is 2.41 bits per heavy atom. The smallest absolute Gasteiger partial charge is 0.358 e. The van der Waals surface area contributed by atoms with Crippen LogP contribution in [0.1, 0.15) is 34.6 Å². The third-order valence-electron chi connectivity index (χ3n) is 6.26. The minimum atomic E-state index is -1.13. The van der Waals surface area contributed by atoms with Crippen LogP contribution in [0.25, 0.3) is 11.3 Å². The molecule has 6 nitrogen and oxygen atoms in total. The summed E-state index contributed by atoms with van der Waals surface area (Å²) in [5.41, 5.74) is 8.76. The van der Waals surface area contributed by atoms with Gasteiger partial charge in [0.05, 0.1) is 21.4 Å². The maximum Gasteiger partial charge on any atom is 0.358 e. The molecule has 1 aliphatic heterocycles. The van der Waals surface area contributed by atoms with Crippen LogP contribution in [0.4, 0.5) is 5.82 Å². The van der Waals surface area contributed by atoms with Crippen LogP contribution in [0.5, 0.6) is 0 Å². The van der Waals surface area contributed by atoms with E-state index in [9.17, 15) is 9.90 Å². The van der Waals surface area contributed by atoms with Gasteiger partial charge < -0.3 is 15.7 Å². The van der Waals surface area contributed by atoms with E-state index in [0.717, 1.165) is 12.8 Å². The molecular formula is C24H24Cl2N4O2. The van der Waals surface area contributed by atoms with Crippen molar-refractivity contribution in [1.82, 2.24) is 9.97 Å². The molecule has 166 valence electrons. The number of aryl methyl sites for hydroxylation is 1. The van der Waals surface area contributed by atoms with E-state index in [1.165, 1.54) is 5.56 Å². The lowest BCUT2D eigenvalue weighted by Gasteiger charge is -2.42. The van der Waals surface area contributed by atoms with Crippen molar-refractivity contribution in [2.24, 2.45) is 5.73 Å². The molecule has 4 rings (SSSR count). The van der Waals surface area contributed by atoms with Crippen molar-refractivity contribution in [1.29, 1.82) is 0 Å². The molecule has 0 atom stereocenters. The van der Waals surface area contributed by atoms with Crippen molar-refractivity contribution in [3.63, 3.8) is 0 Å². The number of carbonyl (C=O) groups is 1. The summed E-state index contributed by atoms with van der Waals surface area (Å²) in [5, 5.41) is 10.6. The van der Waals surface area contributed by atoms with Gasteiger partial charge in [-0.3, -0.25) is 0 Å². The van der Waals surface area contributed by atoms with Crippen molar-refractivity contribution >= 4 is 35.0 Å². The van der Waals surface area contributed by atoms with E-state index in [-0.39, 0.29) is 11.1 Å². The molecule has 3 aromatic rings. The zero-order valence-corrected chi connectivity index (χ0v) is 19.2. The summed E-state index contributed by atoms with van der Waals surface area (Å²) in [6.45, 7) is 3.61. The van der Waals surface area contributed by atoms with Gasteiger partial charge in [0, 0.05) is 30.6 Å². The first-order valence-corrected chi connectivity index (χ1v) is 11.2. The zero-order valence-electron chi connectivity index (χ0n) is 17.7. The first-order valence-electron chi connectivity index (χ1n) is 10.4. The number of hydrogen-bond acceptors (Lipinski definition) is 5. The minimum absolute atomic E-state index is 0.0957. The molecule has 8 heteroatoms. The summed E-state index contributed by atoms with van der Waals surface area (Å²) in [4.78, 5) is 23.2. The van der Waals surface area contributed by atoms with Crippen molar-refractivity contribution in [3.05, 3.63) is 75.5 Å². The molecule has 0 unspecified atom stereocenters. The molecule has 3 N–H and O–H groups in total. The second kappa shape index (κ2) is 9.06. The van der Waals surface area contributed by atoms with Gasteiger partial charge in [-0.1, -0.05) is 65.7 Å². The quantitative estimate of drug-likeness (QED) is 0.547. The molecule has 1 saturated heterocycles. The van der Waals surface area contributed by atoms with Gasteiger partial charge >= 0.3 is 5.97 Å². The Morgan fingerprint density at radius 1 is 1.09 bits per heavy atom. The highest BCUT2D eigenvalue weighted by Crippen LogP contribution is 2.38. The number of carboxylic acid groups (broad SMARTS) is 1. The Labute approximate surface area is 197 Å². The second-order valence-electron chi connectivity index (χ2n) is 8.07. The van der Waals surface area contributed by atoms with Crippen LogP contribution in [0, 0.1) is 6.92 Å². The van der Waals surface area contributed by atoms with Crippen LogP contribution in [0.15, 0.2) is 48.5 Å². The maximum atomic E-state index is 12.1. The predicted molar refractivity (Wildman–Crippen MR) is 128 cm³/mol. The number of hydrogen-bond donors (Lipinski definition) is 2. The van der Waals surface area contributed by atoms with Gasteiger partial charge in [0.1, 0.15) is 0 Å². The average molecular weight is 471 g/mol. The van der Waals surface area contributed by atoms with Crippen molar-refractivity contribution < 1.29 is 9.90 Å². The van der Waals surface area contributed by atoms with Crippen LogP contribution in [0.2, 0.25) is 10.0 Å². The van der Waals surface area contributed by atoms with E-state index in [2.05, 4.69) is 22.1 Å². The number of anilines is 1. The fourth-order valence-electron chi connectivity index (χ4n) is 4.36. The van der Waals surface area contributed by atoms with E-state index in [0.29, 0.717) is 52.4 Å². The van der Waals surface area contributed by atoms with Crippen LogP contribution in [0.3, 0.4) is 0 Å². The van der Waals surface area contributed by atoms with Gasteiger partial charge in [0.2, 0.25) is 0 Å². The highest BCUT2D eigenvalue weighted by Gasteiger charge is 2.36. The summed E-state index contributed by atoms with van der Waals surface area (Å²) in [6, 6.07) is 15.4. The molecular weight excluding hydrogens is 447 g/mol. The van der Waals surface area contributed by atoms with E-state index in [4.69, 9.17) is 28.9 Å². The third-order valence-corrected chi connectivity index (χ3v) is 7.08. The largest absolute Gasteiger partial charge is 0.476 e. The summed E-state index contributed by atoms with van der Waals surface area (Å²) in [7, 11) is 0. The Morgan fingerprint density at radius 2 is 1.78 bits per heavy atom. The van der Waals surface area contributed by atoms with Gasteiger partial charge in [-0.2, -0.15) is 0 Å². The highest BCUT2D eigenvalue weighted by molar-refractivity contribution is 6.43. The molecule has 0 amide bonds. The second-order valence-corrected chi connectivity index (χ2v) is 8.86. The maximum absolute atomic E-state index is 12.1. The van der Waals surface area contributed by atoms with E-state index in [1.807, 2.05) is 23.1 Å². The fourth-order valence-corrected chi connectivity index (χ4v) is 4.75. The molecule has 0 spiro atoms. The van der Waals surface area contributed by atoms with Crippen molar-refractivity contribution in [2.45, 2.75) is 25.2 Å². The van der Waals surface area contributed by atoms with Crippen molar-refractivity contribution in [3.8, 4) is 11.3 Å². The fraction of sp³-hybridized carbons (Fsp3) is 0.292. The SMILES string of the molecule is Cc1nc(N2CCC(CN)(c3ccccc3)CC2)c(C(=O)O)nc1-c1cccc(Cl)c1Cl. The molecule has 1 fully saturated rings. The van der Waals surface area contributed by atoms with Gasteiger partial charge in [0.15, 0.2) is 11.5 Å². The zero-order chi connectivity index (χ0) is 22.9. The van der Waals surface area contributed by atoms with E-state index >= 15 is 0 Å². The molecule has 32 heavy (non-hydrogen) atoms. The topological polar surface area (TPSA) is 92.3 Å². The third kappa shape index (κ3) is 4.06. The lowest BCUT2D eigenvalue weighted by Crippen LogP contribution is -2.47. The summed E-state index contributed by atoms with van der Waals surface area (Å²) in [5.74, 6) is -0.763. The highest BCUT2D eigenvalue weighted by atomic mass is 35.5. The normalized spacial score (nSPS) is 15.6. The van der Waals surface area contributed by atoms with Crippen LogP contribution in [-0.4, -0.2) is 40.7 Å². The molecule has 1 aliphatic rings. The van der Waals surface area contributed by atoms with Gasteiger partial charge in [-0.15, -0.1) is 0 Å². The average Bonchev–Trinajstić information content (AvgIpc) is 2.81. The molecule has 0 radical (unpaired) electrons. The van der Waals surface area contributed by atoms with Crippen LogP contribution >= 0.6 is 23.2 Å². The molecule has 0 saturated carbocycles. The number of aromatic carboxylic acids is 1. The number of benzene rings is 2. The lowest BCUT2D eigenvalue weighted by molar-refractivity contribution is 0.0690. The summed E-state index contributed by atoms with van der Waals surface area (Å²) < 4.78 is 0. The monoisotopic (exact) mass is 470 g/mol. The first-order chi connectivity index (χ1) is 15.4. The number of nitrogens with zero attached hydrogens (tertiary/aromatic N) is 3. The number of rotatable bonds is 5. The van der Waals surface area contributed by atoms with Gasteiger partial charge in [0.25, 0.3) is 0 Å². The number of nitrogens with two attached hydrogens (primary N) is 1. The van der Waals surface area contributed by atoms with Crippen LogP contribution in [-0.2, 0) is 5.41 Å². The number of halogens is 2. The van der Waals surface area contributed by atoms with E-state index in [1.54, 1.807) is 25.1 Å². The van der Waals surface area contributed by atoms with Gasteiger partial charge in [-0.25, -0.2) is 14.8 Å². The molecule has 1 aromatic heterocycles. The number of aromatic nitrogens is 2. The molecule has 0 bridgehead atoms. The molecule has 2 heterocycles. The predicted octanol–water partition coefficient (Wildman–Crippen LogP) is 4.95. The van der Waals surface area contributed by atoms with Crippen molar-refractivity contribution in [2.75, 3.05) is 24.5 Å². The molecule has 2 aromatic carbocycles. The first kappa shape index (κ1) is 22.5. The Kier molecular flexibility index (Phi) is 6.38. The van der Waals surface area contributed by atoms with Gasteiger partial charge in [-0.05, 0) is 31.4 Å².